The molecule has 0 aliphatic carbocycles. The number of aliphatic carboxylic acids is 1. The first-order chi connectivity index (χ1) is 9.99. The van der Waals surface area contributed by atoms with Crippen molar-refractivity contribution < 1.29 is 14.7 Å². The Labute approximate surface area is 128 Å². The first kappa shape index (κ1) is 20.1. The van der Waals surface area contributed by atoms with Gasteiger partial charge in [-0.15, -0.1) is 0 Å². The minimum Gasteiger partial charge on any atom is -0.480 e. The quantitative estimate of drug-likeness (QED) is 0.427. The Morgan fingerprint density at radius 3 is 1.95 bits per heavy atom. The Hall–Kier alpha value is -0.940. The number of carboxylic acids is 1. The molecule has 0 amide bonds. The van der Waals surface area contributed by atoms with Crippen molar-refractivity contribution in [3.05, 3.63) is 0 Å². The molecule has 2 atom stereocenters. The molecule has 0 fully saturated rings. The number of Topliss-reactive ketones (excluding diaryl/α,β-unsaturated/α-hetero) is 1. The van der Waals surface area contributed by atoms with E-state index < -0.39 is 18.1 Å². The molecule has 0 aliphatic heterocycles. The average molecular weight is 300 g/mol. The van der Waals surface area contributed by atoms with Gasteiger partial charge < -0.3 is 16.6 Å². The maximum atomic E-state index is 11.8. The molecule has 0 aromatic carbocycles. The van der Waals surface area contributed by atoms with Crippen molar-refractivity contribution in [2.24, 2.45) is 11.5 Å². The summed E-state index contributed by atoms with van der Waals surface area (Å²) in [6, 6.07) is -1.32. The van der Waals surface area contributed by atoms with Crippen molar-refractivity contribution in [2.45, 2.75) is 89.6 Å². The molecule has 0 aromatic heterocycles. The number of rotatable bonds is 14. The first-order valence-corrected chi connectivity index (χ1v) is 8.25. The highest BCUT2D eigenvalue weighted by molar-refractivity contribution is 5.83. The van der Waals surface area contributed by atoms with Crippen molar-refractivity contribution in [3.63, 3.8) is 0 Å². The van der Waals surface area contributed by atoms with Crippen LogP contribution < -0.4 is 11.5 Å². The summed E-state index contributed by atoms with van der Waals surface area (Å²) < 4.78 is 0. The lowest BCUT2D eigenvalue weighted by molar-refractivity contribution is -0.138. The topological polar surface area (TPSA) is 106 Å². The van der Waals surface area contributed by atoms with E-state index in [0.717, 1.165) is 12.8 Å². The van der Waals surface area contributed by atoms with Crippen molar-refractivity contribution >= 4 is 11.8 Å². The van der Waals surface area contributed by atoms with E-state index in [9.17, 15) is 9.59 Å². The molecule has 0 saturated heterocycles. The lowest BCUT2D eigenvalue weighted by Crippen LogP contribution is -2.33. The standard InChI is InChI=1S/C16H32N2O3/c1-2-3-4-5-6-7-8-12-15(19)13(17)10-9-11-14(18)16(20)21/h13-14H,2-12,17-18H2,1H3,(H,20,21). The number of hydrogen-bond donors (Lipinski definition) is 3. The van der Waals surface area contributed by atoms with Gasteiger partial charge in [-0.25, -0.2) is 0 Å². The van der Waals surface area contributed by atoms with Crippen molar-refractivity contribution in [3.8, 4) is 0 Å². The fraction of sp³-hybridized carbons (Fsp3) is 0.875. The SMILES string of the molecule is CCCCCCCCCC(=O)C(N)CCCC(N)C(=O)O. The number of nitrogens with two attached hydrogens (primary N) is 2. The molecular weight excluding hydrogens is 268 g/mol. The number of ketones is 1. The molecular formula is C16H32N2O3. The summed E-state index contributed by atoms with van der Waals surface area (Å²) >= 11 is 0. The van der Waals surface area contributed by atoms with E-state index in [4.69, 9.17) is 16.6 Å². The van der Waals surface area contributed by atoms with E-state index >= 15 is 0 Å². The van der Waals surface area contributed by atoms with E-state index in [2.05, 4.69) is 6.92 Å². The van der Waals surface area contributed by atoms with E-state index in [1.807, 2.05) is 0 Å². The molecule has 0 aromatic rings. The summed E-state index contributed by atoms with van der Waals surface area (Å²) in [4.78, 5) is 22.4. The number of carbonyl (C=O) groups excluding carboxylic acids is 1. The third kappa shape index (κ3) is 11.4. The zero-order valence-electron chi connectivity index (χ0n) is 13.4. The maximum Gasteiger partial charge on any atom is 0.320 e. The Morgan fingerprint density at radius 1 is 0.857 bits per heavy atom. The van der Waals surface area contributed by atoms with E-state index in [-0.39, 0.29) is 5.78 Å². The minimum absolute atomic E-state index is 0.0902. The number of carbonyl (C=O) groups is 2. The molecule has 0 radical (unpaired) electrons. The Balaban J connectivity index is 3.55. The third-order valence-corrected chi connectivity index (χ3v) is 3.79. The fourth-order valence-corrected chi connectivity index (χ4v) is 2.28. The molecule has 21 heavy (non-hydrogen) atoms. The van der Waals surface area contributed by atoms with Crippen LogP contribution >= 0.6 is 0 Å². The second-order valence-electron chi connectivity index (χ2n) is 5.82. The Bertz CT molecular complexity index is 295. The van der Waals surface area contributed by atoms with Crippen LogP contribution in [0.4, 0.5) is 0 Å². The Morgan fingerprint density at radius 2 is 1.38 bits per heavy atom. The second-order valence-corrected chi connectivity index (χ2v) is 5.82. The van der Waals surface area contributed by atoms with Crippen LogP contribution in [0.1, 0.15) is 77.6 Å². The zero-order chi connectivity index (χ0) is 16.1. The molecule has 5 heteroatoms. The van der Waals surface area contributed by atoms with Crippen LogP contribution in [0.2, 0.25) is 0 Å². The van der Waals surface area contributed by atoms with Crippen molar-refractivity contribution in [1.29, 1.82) is 0 Å². The van der Waals surface area contributed by atoms with Gasteiger partial charge in [0.1, 0.15) is 11.8 Å². The highest BCUT2D eigenvalue weighted by Gasteiger charge is 2.15. The van der Waals surface area contributed by atoms with Gasteiger partial charge in [-0.05, 0) is 25.7 Å². The molecule has 0 aliphatic rings. The molecule has 0 heterocycles. The molecule has 0 saturated carbocycles. The largest absolute Gasteiger partial charge is 0.480 e. The number of hydrogen-bond acceptors (Lipinski definition) is 4. The zero-order valence-corrected chi connectivity index (χ0v) is 13.4. The van der Waals surface area contributed by atoms with Gasteiger partial charge in [-0.2, -0.15) is 0 Å². The van der Waals surface area contributed by atoms with Crippen molar-refractivity contribution in [1.82, 2.24) is 0 Å². The normalized spacial score (nSPS) is 13.9. The average Bonchev–Trinajstić information content (AvgIpc) is 2.45. The molecule has 5 N–H and O–H groups in total. The predicted molar refractivity (Wildman–Crippen MR) is 85.1 cm³/mol. The van der Waals surface area contributed by atoms with Crippen LogP contribution in [0.25, 0.3) is 0 Å². The number of carboxylic acid groups (broad SMARTS) is 1. The third-order valence-electron chi connectivity index (χ3n) is 3.79. The lowest BCUT2D eigenvalue weighted by Gasteiger charge is -2.11. The summed E-state index contributed by atoms with van der Waals surface area (Å²) in [5, 5.41) is 8.65. The van der Waals surface area contributed by atoms with Crippen LogP contribution in [-0.4, -0.2) is 28.9 Å². The van der Waals surface area contributed by atoms with E-state index in [0.29, 0.717) is 25.7 Å². The van der Waals surface area contributed by atoms with Crippen LogP contribution in [0.3, 0.4) is 0 Å². The van der Waals surface area contributed by atoms with Gasteiger partial charge in [0.25, 0.3) is 0 Å². The van der Waals surface area contributed by atoms with Gasteiger partial charge in [0.15, 0.2) is 0 Å². The van der Waals surface area contributed by atoms with Gasteiger partial charge in [0.05, 0.1) is 6.04 Å². The van der Waals surface area contributed by atoms with E-state index in [1.54, 1.807) is 0 Å². The molecule has 0 rings (SSSR count). The van der Waals surface area contributed by atoms with Crippen LogP contribution in [0, 0.1) is 0 Å². The summed E-state index contributed by atoms with van der Waals surface area (Å²) in [6.07, 6.45) is 10.3. The van der Waals surface area contributed by atoms with Gasteiger partial charge >= 0.3 is 5.97 Å². The molecule has 2 unspecified atom stereocenters. The van der Waals surface area contributed by atoms with Crippen LogP contribution in [-0.2, 0) is 9.59 Å². The Kier molecular flexibility index (Phi) is 12.2. The minimum atomic E-state index is -1.00. The van der Waals surface area contributed by atoms with Gasteiger partial charge in [-0.3, -0.25) is 9.59 Å². The lowest BCUT2D eigenvalue weighted by atomic mass is 9.99. The van der Waals surface area contributed by atoms with Gasteiger partial charge in [-0.1, -0.05) is 45.4 Å². The van der Waals surface area contributed by atoms with Crippen LogP contribution in [0.15, 0.2) is 0 Å². The molecule has 0 bridgehead atoms. The highest BCUT2D eigenvalue weighted by atomic mass is 16.4. The summed E-state index contributed by atoms with van der Waals surface area (Å²) in [5.74, 6) is -0.912. The highest BCUT2D eigenvalue weighted by Crippen LogP contribution is 2.10. The molecule has 0 spiro atoms. The smallest absolute Gasteiger partial charge is 0.320 e. The summed E-state index contributed by atoms with van der Waals surface area (Å²) in [7, 11) is 0. The van der Waals surface area contributed by atoms with E-state index in [1.165, 1.54) is 32.1 Å². The van der Waals surface area contributed by atoms with Crippen molar-refractivity contribution in [2.75, 3.05) is 0 Å². The van der Waals surface area contributed by atoms with Gasteiger partial charge in [0.2, 0.25) is 0 Å². The monoisotopic (exact) mass is 300 g/mol. The second kappa shape index (κ2) is 12.8. The maximum absolute atomic E-state index is 11.8. The summed E-state index contributed by atoms with van der Waals surface area (Å²) in [6.45, 7) is 2.20. The van der Waals surface area contributed by atoms with Gasteiger partial charge in [0, 0.05) is 6.42 Å². The first-order valence-electron chi connectivity index (χ1n) is 8.25. The number of unbranched alkanes of at least 4 members (excludes halogenated alkanes) is 6. The summed E-state index contributed by atoms with van der Waals surface area (Å²) in [5.41, 5.74) is 11.2. The predicted octanol–water partition coefficient (Wildman–Crippen LogP) is 2.61. The molecule has 124 valence electrons. The fourth-order valence-electron chi connectivity index (χ4n) is 2.28. The van der Waals surface area contributed by atoms with Crippen LogP contribution in [0.5, 0.6) is 0 Å². The molecule has 5 nitrogen and oxygen atoms in total.